The summed E-state index contributed by atoms with van der Waals surface area (Å²) >= 11 is 5.90. The Bertz CT molecular complexity index is 927. The van der Waals surface area contributed by atoms with E-state index in [9.17, 15) is 9.59 Å². The molecule has 1 aliphatic heterocycles. The van der Waals surface area contributed by atoms with Crippen molar-refractivity contribution >= 4 is 23.6 Å². The zero-order chi connectivity index (χ0) is 20.8. The fourth-order valence-electron chi connectivity index (χ4n) is 2.91. The van der Waals surface area contributed by atoms with Gasteiger partial charge in [-0.05, 0) is 48.9 Å². The first-order valence-corrected chi connectivity index (χ1v) is 9.33. The standard InChI is InChI=1S/C21H21ClN2O5/c1-13-18(20(25)28-11-10-27-2)19(24-21(26)23-13)14-4-3-5-17(12-14)29-16-8-6-15(22)7-9-16/h3-9,12,19H,10-11H2,1-2H3,(H2,23,24,26)/t19-/m1/s1. The first-order chi connectivity index (χ1) is 14.0. The molecule has 0 bridgehead atoms. The second kappa shape index (κ2) is 9.45. The largest absolute Gasteiger partial charge is 0.460 e. The number of methoxy groups -OCH3 is 1. The van der Waals surface area contributed by atoms with Crippen molar-refractivity contribution in [2.75, 3.05) is 20.3 Å². The molecule has 29 heavy (non-hydrogen) atoms. The van der Waals surface area contributed by atoms with Gasteiger partial charge < -0.3 is 24.8 Å². The average Bonchev–Trinajstić information content (AvgIpc) is 2.69. The fraction of sp³-hybridized carbons (Fsp3) is 0.238. The number of halogens is 1. The molecule has 0 radical (unpaired) electrons. The SMILES string of the molecule is COCCOC(=O)C1=C(C)NC(=O)N[C@@H]1c1cccc(Oc2ccc(Cl)cc2)c1. The van der Waals surface area contributed by atoms with Crippen LogP contribution in [0, 0.1) is 0 Å². The molecule has 1 heterocycles. The van der Waals surface area contributed by atoms with Crippen molar-refractivity contribution in [2.24, 2.45) is 0 Å². The molecule has 8 heteroatoms. The van der Waals surface area contributed by atoms with E-state index in [1.54, 1.807) is 55.5 Å². The highest BCUT2D eigenvalue weighted by molar-refractivity contribution is 6.30. The number of carbonyl (C=O) groups excluding carboxylic acids is 2. The van der Waals surface area contributed by atoms with E-state index in [0.29, 0.717) is 33.4 Å². The first kappa shape index (κ1) is 20.7. The summed E-state index contributed by atoms with van der Waals surface area (Å²) in [7, 11) is 1.52. The Morgan fingerprint density at radius 3 is 2.59 bits per heavy atom. The van der Waals surface area contributed by atoms with Gasteiger partial charge in [-0.1, -0.05) is 23.7 Å². The number of benzene rings is 2. The number of esters is 1. The quantitative estimate of drug-likeness (QED) is 0.527. The molecule has 2 aromatic rings. The monoisotopic (exact) mass is 416 g/mol. The van der Waals surface area contributed by atoms with E-state index in [1.807, 2.05) is 0 Å². The van der Waals surface area contributed by atoms with Gasteiger partial charge in [-0.2, -0.15) is 0 Å². The maximum atomic E-state index is 12.6. The van der Waals surface area contributed by atoms with Gasteiger partial charge in [0.15, 0.2) is 0 Å². The molecular weight excluding hydrogens is 396 g/mol. The third kappa shape index (κ3) is 5.28. The average molecular weight is 417 g/mol. The number of urea groups is 1. The Kier molecular flexibility index (Phi) is 6.74. The predicted molar refractivity (Wildman–Crippen MR) is 108 cm³/mol. The van der Waals surface area contributed by atoms with Crippen LogP contribution in [-0.2, 0) is 14.3 Å². The smallest absolute Gasteiger partial charge is 0.338 e. The van der Waals surface area contributed by atoms with Crippen LogP contribution in [0.5, 0.6) is 11.5 Å². The summed E-state index contributed by atoms with van der Waals surface area (Å²) in [5.41, 5.74) is 1.44. The van der Waals surface area contributed by atoms with Gasteiger partial charge in [0.25, 0.3) is 0 Å². The van der Waals surface area contributed by atoms with Crippen LogP contribution in [0.2, 0.25) is 5.02 Å². The summed E-state index contributed by atoms with van der Waals surface area (Å²) in [6.07, 6.45) is 0. The van der Waals surface area contributed by atoms with Crippen LogP contribution < -0.4 is 15.4 Å². The number of hydrogen-bond donors (Lipinski definition) is 2. The topological polar surface area (TPSA) is 85.9 Å². The lowest BCUT2D eigenvalue weighted by molar-refractivity contribution is -0.140. The zero-order valence-corrected chi connectivity index (χ0v) is 16.8. The first-order valence-electron chi connectivity index (χ1n) is 8.95. The molecule has 3 rings (SSSR count). The van der Waals surface area contributed by atoms with Crippen LogP contribution in [-0.4, -0.2) is 32.3 Å². The highest BCUT2D eigenvalue weighted by Gasteiger charge is 2.32. The van der Waals surface area contributed by atoms with Gasteiger partial charge in [0.2, 0.25) is 0 Å². The molecule has 7 nitrogen and oxygen atoms in total. The molecular formula is C21H21ClN2O5. The van der Waals surface area contributed by atoms with Gasteiger partial charge in [-0.15, -0.1) is 0 Å². The molecule has 2 N–H and O–H groups in total. The maximum absolute atomic E-state index is 12.6. The van der Waals surface area contributed by atoms with Crippen molar-refractivity contribution in [3.63, 3.8) is 0 Å². The highest BCUT2D eigenvalue weighted by Crippen LogP contribution is 2.31. The van der Waals surface area contributed by atoms with Gasteiger partial charge in [0.1, 0.15) is 18.1 Å². The van der Waals surface area contributed by atoms with Crippen LogP contribution in [0.25, 0.3) is 0 Å². The van der Waals surface area contributed by atoms with Crippen molar-refractivity contribution in [1.29, 1.82) is 0 Å². The Hall–Kier alpha value is -3.03. The van der Waals surface area contributed by atoms with E-state index in [0.717, 1.165) is 0 Å². The molecule has 1 atom stereocenters. The zero-order valence-electron chi connectivity index (χ0n) is 16.0. The molecule has 0 saturated heterocycles. The van der Waals surface area contributed by atoms with E-state index in [1.165, 1.54) is 7.11 Å². The number of amides is 2. The summed E-state index contributed by atoms with van der Waals surface area (Å²) < 4.78 is 16.0. The van der Waals surface area contributed by atoms with Crippen LogP contribution >= 0.6 is 11.6 Å². The van der Waals surface area contributed by atoms with Crippen LogP contribution in [0.15, 0.2) is 59.8 Å². The number of carbonyl (C=O) groups is 2. The van der Waals surface area contributed by atoms with E-state index in [2.05, 4.69) is 10.6 Å². The van der Waals surface area contributed by atoms with Crippen LogP contribution in [0.1, 0.15) is 18.5 Å². The van der Waals surface area contributed by atoms with E-state index in [4.69, 9.17) is 25.8 Å². The lowest BCUT2D eigenvalue weighted by Crippen LogP contribution is -2.45. The number of hydrogen-bond acceptors (Lipinski definition) is 5. The summed E-state index contributed by atoms with van der Waals surface area (Å²) in [6.45, 7) is 2.06. The van der Waals surface area contributed by atoms with Gasteiger partial charge in [-0.3, -0.25) is 0 Å². The molecule has 0 unspecified atom stereocenters. The molecule has 152 valence electrons. The molecule has 0 aliphatic carbocycles. The molecule has 0 spiro atoms. The number of ether oxygens (including phenoxy) is 3. The lowest BCUT2D eigenvalue weighted by Gasteiger charge is -2.28. The minimum Gasteiger partial charge on any atom is -0.460 e. The van der Waals surface area contributed by atoms with Gasteiger partial charge in [0, 0.05) is 17.8 Å². The van der Waals surface area contributed by atoms with Crippen molar-refractivity contribution < 1.29 is 23.8 Å². The van der Waals surface area contributed by atoms with Crippen molar-refractivity contribution in [1.82, 2.24) is 10.6 Å². The lowest BCUT2D eigenvalue weighted by atomic mass is 9.95. The summed E-state index contributed by atoms with van der Waals surface area (Å²) in [5, 5.41) is 6.00. The predicted octanol–water partition coefficient (Wildman–Crippen LogP) is 3.95. The molecule has 0 aromatic heterocycles. The normalized spacial score (nSPS) is 16.1. The molecule has 0 saturated carbocycles. The third-order valence-corrected chi connectivity index (χ3v) is 4.50. The van der Waals surface area contributed by atoms with E-state index < -0.39 is 18.0 Å². The Labute approximate surface area is 173 Å². The number of nitrogens with one attached hydrogen (secondary N) is 2. The number of allylic oxidation sites excluding steroid dienone is 1. The summed E-state index contributed by atoms with van der Waals surface area (Å²) in [6, 6.07) is 13.0. The minimum atomic E-state index is -0.674. The second-order valence-electron chi connectivity index (χ2n) is 6.33. The van der Waals surface area contributed by atoms with E-state index in [-0.39, 0.29) is 13.2 Å². The van der Waals surface area contributed by atoms with Crippen LogP contribution in [0.3, 0.4) is 0 Å². The summed E-state index contributed by atoms with van der Waals surface area (Å²) in [5.74, 6) is 0.648. The minimum absolute atomic E-state index is 0.118. The van der Waals surface area contributed by atoms with Crippen molar-refractivity contribution in [3.05, 3.63) is 70.4 Å². The van der Waals surface area contributed by atoms with Crippen molar-refractivity contribution in [3.8, 4) is 11.5 Å². The highest BCUT2D eigenvalue weighted by atomic mass is 35.5. The molecule has 2 aromatic carbocycles. The molecule has 2 amide bonds. The fourth-order valence-corrected chi connectivity index (χ4v) is 3.03. The Balaban J connectivity index is 1.86. The van der Waals surface area contributed by atoms with Crippen LogP contribution in [0.4, 0.5) is 4.79 Å². The molecule has 0 fully saturated rings. The number of rotatable bonds is 7. The van der Waals surface area contributed by atoms with Crippen molar-refractivity contribution in [2.45, 2.75) is 13.0 Å². The third-order valence-electron chi connectivity index (χ3n) is 4.25. The Morgan fingerprint density at radius 2 is 1.86 bits per heavy atom. The maximum Gasteiger partial charge on any atom is 0.338 e. The summed E-state index contributed by atoms with van der Waals surface area (Å²) in [4.78, 5) is 24.6. The molecule has 1 aliphatic rings. The van der Waals surface area contributed by atoms with E-state index >= 15 is 0 Å². The van der Waals surface area contributed by atoms with Gasteiger partial charge in [-0.25, -0.2) is 9.59 Å². The van der Waals surface area contributed by atoms with Gasteiger partial charge >= 0.3 is 12.0 Å². The Morgan fingerprint density at radius 1 is 1.10 bits per heavy atom. The second-order valence-corrected chi connectivity index (χ2v) is 6.76. The van der Waals surface area contributed by atoms with Gasteiger partial charge in [0.05, 0.1) is 18.2 Å².